The molecule has 0 fully saturated rings. The maximum absolute atomic E-state index is 12.1. The molecule has 0 unspecified atom stereocenters. The number of benzene rings is 2. The molecule has 0 saturated carbocycles. The number of amides is 1. The lowest BCUT2D eigenvalue weighted by atomic mass is 10.2. The molecule has 1 amide bonds. The Labute approximate surface area is 144 Å². The zero-order valence-electron chi connectivity index (χ0n) is 12.4. The fourth-order valence-electron chi connectivity index (χ4n) is 2.20. The van der Waals surface area contributed by atoms with Gasteiger partial charge in [-0.25, -0.2) is 0 Å². The minimum Gasteiger partial charge on any atom is -0.507 e. The molecule has 0 bridgehead atoms. The highest BCUT2D eigenvalue weighted by molar-refractivity contribution is 9.10. The number of ether oxygens (including phenoxy) is 1. The Morgan fingerprint density at radius 2 is 2.00 bits per heavy atom. The molecule has 3 rings (SSSR count). The molecule has 0 aliphatic heterocycles. The van der Waals surface area contributed by atoms with Crippen LogP contribution in [-0.4, -0.2) is 28.2 Å². The van der Waals surface area contributed by atoms with Gasteiger partial charge in [-0.1, -0.05) is 15.9 Å². The number of methoxy groups -OCH3 is 1. The van der Waals surface area contributed by atoms with Gasteiger partial charge in [0.05, 0.1) is 18.2 Å². The fraction of sp³-hybridized carbons (Fsp3) is 0.0625. The van der Waals surface area contributed by atoms with Crippen LogP contribution < -0.4 is 4.74 Å². The predicted molar refractivity (Wildman–Crippen MR) is 91.2 cm³/mol. The average molecular weight is 390 g/mol. The SMILES string of the molecule is COc1ccc2[nH]c(O)c(N=NC(=O)c3cc(Br)ccc3O)c2c1. The number of phenols is 1. The summed E-state index contributed by atoms with van der Waals surface area (Å²) >= 11 is 3.22. The van der Waals surface area contributed by atoms with Crippen molar-refractivity contribution in [2.75, 3.05) is 7.11 Å². The van der Waals surface area contributed by atoms with Gasteiger partial charge < -0.3 is 19.9 Å². The van der Waals surface area contributed by atoms with Crippen LogP contribution in [0.4, 0.5) is 5.69 Å². The average Bonchev–Trinajstić information content (AvgIpc) is 2.89. The van der Waals surface area contributed by atoms with Crippen LogP contribution >= 0.6 is 15.9 Å². The number of aromatic amines is 1. The van der Waals surface area contributed by atoms with Crippen LogP contribution in [0.5, 0.6) is 17.4 Å². The van der Waals surface area contributed by atoms with Gasteiger partial charge in [-0.15, -0.1) is 10.2 Å². The van der Waals surface area contributed by atoms with E-state index in [9.17, 15) is 15.0 Å². The summed E-state index contributed by atoms with van der Waals surface area (Å²) in [5, 5.41) is 27.7. The number of nitrogens with zero attached hydrogens (tertiary/aromatic N) is 2. The molecule has 1 heterocycles. The highest BCUT2D eigenvalue weighted by atomic mass is 79.9. The number of nitrogens with one attached hydrogen (secondary N) is 1. The van der Waals surface area contributed by atoms with Crippen LogP contribution in [-0.2, 0) is 0 Å². The lowest BCUT2D eigenvalue weighted by Gasteiger charge is -2.00. The maximum Gasteiger partial charge on any atom is 0.299 e. The van der Waals surface area contributed by atoms with Gasteiger partial charge in [0.25, 0.3) is 5.91 Å². The van der Waals surface area contributed by atoms with E-state index in [0.29, 0.717) is 21.1 Å². The Balaban J connectivity index is 1.99. The van der Waals surface area contributed by atoms with E-state index < -0.39 is 5.91 Å². The number of carbonyl (C=O) groups excluding carboxylic acids is 1. The highest BCUT2D eigenvalue weighted by Crippen LogP contribution is 2.37. The number of hydrogen-bond donors (Lipinski definition) is 3. The fourth-order valence-corrected chi connectivity index (χ4v) is 2.56. The third kappa shape index (κ3) is 2.95. The second kappa shape index (κ2) is 6.32. The highest BCUT2D eigenvalue weighted by Gasteiger charge is 2.14. The van der Waals surface area contributed by atoms with Gasteiger partial charge in [0, 0.05) is 9.86 Å². The number of azo groups is 1. The molecule has 0 atom stereocenters. The first-order valence-corrected chi connectivity index (χ1v) is 7.62. The smallest absolute Gasteiger partial charge is 0.299 e. The van der Waals surface area contributed by atoms with Gasteiger partial charge in [0.1, 0.15) is 11.5 Å². The summed E-state index contributed by atoms with van der Waals surface area (Å²) < 4.78 is 5.76. The van der Waals surface area contributed by atoms with Crippen molar-refractivity contribution in [2.24, 2.45) is 10.2 Å². The van der Waals surface area contributed by atoms with Crippen molar-refractivity contribution >= 4 is 38.4 Å². The van der Waals surface area contributed by atoms with Gasteiger partial charge in [-0.3, -0.25) is 4.79 Å². The molecule has 0 spiro atoms. The van der Waals surface area contributed by atoms with Crippen LogP contribution in [0.2, 0.25) is 0 Å². The number of aromatic hydroxyl groups is 2. The monoisotopic (exact) mass is 389 g/mol. The van der Waals surface area contributed by atoms with Crippen LogP contribution in [0.15, 0.2) is 51.1 Å². The molecule has 24 heavy (non-hydrogen) atoms. The van der Waals surface area contributed by atoms with Gasteiger partial charge in [-0.05, 0) is 36.4 Å². The van der Waals surface area contributed by atoms with Gasteiger partial charge in [-0.2, -0.15) is 0 Å². The zero-order valence-corrected chi connectivity index (χ0v) is 14.0. The molecule has 0 aliphatic rings. The Hall–Kier alpha value is -2.87. The first-order chi connectivity index (χ1) is 11.5. The molecule has 8 heteroatoms. The van der Waals surface area contributed by atoms with Crippen molar-refractivity contribution in [1.29, 1.82) is 0 Å². The number of hydrogen-bond acceptors (Lipinski definition) is 5. The Bertz CT molecular complexity index is 965. The van der Waals surface area contributed by atoms with Gasteiger partial charge >= 0.3 is 0 Å². The van der Waals surface area contributed by atoms with Crippen molar-refractivity contribution in [3.63, 3.8) is 0 Å². The van der Waals surface area contributed by atoms with Crippen LogP contribution in [0, 0.1) is 0 Å². The van der Waals surface area contributed by atoms with Gasteiger partial charge in [0.2, 0.25) is 5.88 Å². The second-order valence-corrected chi connectivity index (χ2v) is 5.82. The van der Waals surface area contributed by atoms with Crippen LogP contribution in [0.1, 0.15) is 10.4 Å². The number of aromatic nitrogens is 1. The summed E-state index contributed by atoms with van der Waals surface area (Å²) in [6.07, 6.45) is 0. The number of H-pyrrole nitrogens is 1. The van der Waals surface area contributed by atoms with Crippen molar-refractivity contribution < 1.29 is 19.7 Å². The van der Waals surface area contributed by atoms with E-state index in [4.69, 9.17) is 4.74 Å². The minimum absolute atomic E-state index is 0.00466. The largest absolute Gasteiger partial charge is 0.507 e. The molecule has 3 aromatic rings. The molecular formula is C16H12BrN3O4. The lowest BCUT2D eigenvalue weighted by molar-refractivity contribution is 0.0992. The van der Waals surface area contributed by atoms with Crippen molar-refractivity contribution in [3.8, 4) is 17.4 Å². The van der Waals surface area contributed by atoms with E-state index in [1.54, 1.807) is 24.3 Å². The third-order valence-corrected chi connectivity index (χ3v) is 3.88. The molecule has 3 N–H and O–H groups in total. The third-order valence-electron chi connectivity index (χ3n) is 3.39. The van der Waals surface area contributed by atoms with Crippen molar-refractivity contribution in [2.45, 2.75) is 0 Å². The summed E-state index contributed by atoms with van der Waals surface area (Å²) in [5.41, 5.74) is 0.747. The Morgan fingerprint density at radius 1 is 1.21 bits per heavy atom. The number of phenolic OH excluding ortho intramolecular Hbond substituents is 1. The molecule has 2 aromatic carbocycles. The van der Waals surface area contributed by atoms with Crippen molar-refractivity contribution in [3.05, 3.63) is 46.4 Å². The normalized spacial score (nSPS) is 11.2. The van der Waals surface area contributed by atoms with E-state index >= 15 is 0 Å². The van der Waals surface area contributed by atoms with E-state index in [1.165, 1.54) is 19.2 Å². The summed E-state index contributed by atoms with van der Waals surface area (Å²) in [4.78, 5) is 14.9. The number of rotatable bonds is 3. The molecule has 1 aromatic heterocycles. The van der Waals surface area contributed by atoms with E-state index in [-0.39, 0.29) is 22.9 Å². The molecule has 7 nitrogen and oxygen atoms in total. The topological polar surface area (TPSA) is 107 Å². The van der Waals surface area contributed by atoms with Gasteiger partial charge in [0.15, 0.2) is 5.69 Å². The van der Waals surface area contributed by atoms with Crippen molar-refractivity contribution in [1.82, 2.24) is 4.98 Å². The predicted octanol–water partition coefficient (Wildman–Crippen LogP) is 4.27. The molecule has 122 valence electrons. The molecule has 0 radical (unpaired) electrons. The maximum atomic E-state index is 12.1. The van der Waals surface area contributed by atoms with Crippen LogP contribution in [0.25, 0.3) is 10.9 Å². The summed E-state index contributed by atoms with van der Waals surface area (Å²) in [7, 11) is 1.52. The first kappa shape index (κ1) is 16.0. The first-order valence-electron chi connectivity index (χ1n) is 6.83. The summed E-state index contributed by atoms with van der Waals surface area (Å²) in [5.74, 6) is -0.570. The quantitative estimate of drug-likeness (QED) is 0.581. The van der Waals surface area contributed by atoms with E-state index in [1.807, 2.05) is 0 Å². The minimum atomic E-state index is -0.731. The molecular weight excluding hydrogens is 378 g/mol. The summed E-state index contributed by atoms with van der Waals surface area (Å²) in [6, 6.07) is 9.52. The lowest BCUT2D eigenvalue weighted by Crippen LogP contribution is -1.94. The number of halogens is 1. The standard InChI is InChI=1S/C16H12BrN3O4/c1-24-9-3-4-12-10(7-9)14(16(23)18-12)19-20-15(22)11-6-8(17)2-5-13(11)21/h2-7,18,21,23H,1H3. The van der Waals surface area contributed by atoms with E-state index in [0.717, 1.165) is 0 Å². The number of fused-ring (bicyclic) bond motifs is 1. The molecule has 0 aliphatic carbocycles. The van der Waals surface area contributed by atoms with Crippen LogP contribution in [0.3, 0.4) is 0 Å². The Kier molecular flexibility index (Phi) is 4.22. The summed E-state index contributed by atoms with van der Waals surface area (Å²) in [6.45, 7) is 0. The van der Waals surface area contributed by atoms with E-state index in [2.05, 4.69) is 31.1 Å². The zero-order chi connectivity index (χ0) is 17.3. The number of carbonyl (C=O) groups is 1. The molecule has 0 saturated heterocycles. The Morgan fingerprint density at radius 3 is 2.75 bits per heavy atom. The second-order valence-electron chi connectivity index (χ2n) is 4.90.